The second-order valence-electron chi connectivity index (χ2n) is 5.70. The van der Waals surface area contributed by atoms with E-state index in [1.165, 1.54) is 0 Å². The zero-order valence-electron chi connectivity index (χ0n) is 15.5. The quantitative estimate of drug-likeness (QED) is 0.629. The maximum absolute atomic E-state index is 11.2. The third-order valence-corrected chi connectivity index (χ3v) is 4.50. The van der Waals surface area contributed by atoms with Gasteiger partial charge in [-0.15, -0.1) is 0 Å². The first-order chi connectivity index (χ1) is 12.0. The molecule has 2 aromatic carbocycles. The lowest BCUT2D eigenvalue weighted by Crippen LogP contribution is -2.01. The van der Waals surface area contributed by atoms with Gasteiger partial charge < -0.3 is 0 Å². The van der Waals surface area contributed by atoms with E-state index in [4.69, 9.17) is 16.9 Å². The fourth-order valence-electron chi connectivity index (χ4n) is 2.88. The molecule has 0 bridgehead atoms. The van der Waals surface area contributed by atoms with Gasteiger partial charge in [-0.3, -0.25) is 4.79 Å². The Morgan fingerprint density at radius 1 is 0.840 bits per heavy atom. The van der Waals surface area contributed by atoms with Crippen molar-refractivity contribution in [1.82, 2.24) is 0 Å². The van der Waals surface area contributed by atoms with Gasteiger partial charge in [0.15, 0.2) is 0 Å². The second-order valence-corrected chi connectivity index (χ2v) is 6.05. The van der Waals surface area contributed by atoms with Crippen molar-refractivity contribution in [2.24, 2.45) is 0 Å². The normalized spacial score (nSPS) is 9.76. The number of aryl methyl sites for hydroxylation is 4. The van der Waals surface area contributed by atoms with Crippen LogP contribution in [-0.4, -0.2) is 5.24 Å². The summed E-state index contributed by atoms with van der Waals surface area (Å²) in [5, 5.41) is 8.57. The van der Waals surface area contributed by atoms with Crippen LogP contribution in [0.1, 0.15) is 65.9 Å². The molecule has 0 unspecified atom stereocenters. The predicted octanol–water partition coefficient (Wildman–Crippen LogP) is 5.87. The minimum Gasteiger partial charge on any atom is -0.276 e. The Balaban J connectivity index is 0.000000251. The van der Waals surface area contributed by atoms with Crippen LogP contribution in [0.5, 0.6) is 0 Å². The smallest absolute Gasteiger partial charge is 0.252 e. The summed E-state index contributed by atoms with van der Waals surface area (Å²) in [6, 6.07) is 14.2. The molecule has 2 nitrogen and oxygen atoms in total. The largest absolute Gasteiger partial charge is 0.276 e. The number of carbonyl (C=O) groups is 1. The van der Waals surface area contributed by atoms with Crippen molar-refractivity contribution < 1.29 is 4.79 Å². The summed E-state index contributed by atoms with van der Waals surface area (Å²) in [7, 11) is 0. The highest BCUT2D eigenvalue weighted by atomic mass is 35.5. The topological polar surface area (TPSA) is 40.9 Å². The van der Waals surface area contributed by atoms with Crippen LogP contribution in [0.2, 0.25) is 0 Å². The number of nitrogens with zero attached hydrogens (tertiary/aromatic N) is 1. The summed E-state index contributed by atoms with van der Waals surface area (Å²) in [6.45, 7) is 8.21. The molecule has 132 valence electrons. The van der Waals surface area contributed by atoms with Gasteiger partial charge in [0.25, 0.3) is 5.24 Å². The number of hydrogen-bond acceptors (Lipinski definition) is 2. The third kappa shape index (κ3) is 5.44. The molecule has 0 aromatic heterocycles. The summed E-state index contributed by atoms with van der Waals surface area (Å²) >= 11 is 5.53. The van der Waals surface area contributed by atoms with Crippen molar-refractivity contribution in [3.63, 3.8) is 0 Å². The number of carbonyl (C=O) groups excluding carboxylic acids is 1. The van der Waals surface area contributed by atoms with Crippen LogP contribution >= 0.6 is 11.6 Å². The van der Waals surface area contributed by atoms with Crippen molar-refractivity contribution in [2.45, 2.75) is 53.4 Å². The molecule has 0 saturated carbocycles. The fourth-order valence-corrected chi connectivity index (χ4v) is 3.12. The highest BCUT2D eigenvalue weighted by Crippen LogP contribution is 2.18. The molecule has 0 aliphatic heterocycles. The maximum Gasteiger partial charge on any atom is 0.252 e. The molecule has 25 heavy (non-hydrogen) atoms. The molecule has 2 aromatic rings. The molecule has 0 radical (unpaired) electrons. The lowest BCUT2D eigenvalue weighted by molar-refractivity contribution is 0.107. The van der Waals surface area contributed by atoms with Crippen LogP contribution in [0, 0.1) is 11.3 Å². The molecule has 0 fully saturated rings. The number of halogens is 1. The van der Waals surface area contributed by atoms with Crippen LogP contribution in [0.15, 0.2) is 36.4 Å². The summed E-state index contributed by atoms with van der Waals surface area (Å²) in [5.41, 5.74) is 5.99. The Morgan fingerprint density at radius 3 is 1.48 bits per heavy atom. The highest BCUT2D eigenvalue weighted by molar-refractivity contribution is 6.68. The van der Waals surface area contributed by atoms with Crippen molar-refractivity contribution in [2.75, 3.05) is 0 Å². The molecule has 0 aliphatic carbocycles. The Morgan fingerprint density at radius 2 is 1.20 bits per heavy atom. The van der Waals surface area contributed by atoms with Gasteiger partial charge in [0.2, 0.25) is 0 Å². The van der Waals surface area contributed by atoms with E-state index in [1.807, 2.05) is 50.2 Å². The molecule has 0 aliphatic rings. The van der Waals surface area contributed by atoms with Gasteiger partial charge in [0, 0.05) is 5.56 Å². The molecule has 0 spiro atoms. The van der Waals surface area contributed by atoms with E-state index >= 15 is 0 Å². The molecule has 0 heterocycles. The van der Waals surface area contributed by atoms with Gasteiger partial charge >= 0.3 is 0 Å². The predicted molar refractivity (Wildman–Crippen MR) is 105 cm³/mol. The van der Waals surface area contributed by atoms with Gasteiger partial charge in [0.05, 0.1) is 11.6 Å². The van der Waals surface area contributed by atoms with Crippen molar-refractivity contribution in [3.8, 4) is 6.07 Å². The molecule has 0 atom stereocenters. The van der Waals surface area contributed by atoms with E-state index in [0.29, 0.717) is 5.56 Å². The molecule has 2 rings (SSSR count). The van der Waals surface area contributed by atoms with E-state index in [2.05, 4.69) is 19.9 Å². The van der Waals surface area contributed by atoms with E-state index < -0.39 is 0 Å². The molecule has 3 heteroatoms. The molecule has 0 amide bonds. The average molecular weight is 356 g/mol. The molecular weight excluding hydrogens is 330 g/mol. The van der Waals surface area contributed by atoms with Crippen LogP contribution in [0.4, 0.5) is 0 Å². The Labute approximate surface area is 156 Å². The summed E-state index contributed by atoms with van der Waals surface area (Å²) in [6.07, 6.45) is 3.58. The van der Waals surface area contributed by atoms with Gasteiger partial charge in [-0.2, -0.15) is 5.26 Å². The average Bonchev–Trinajstić information content (AvgIpc) is 2.66. The van der Waals surface area contributed by atoms with Crippen LogP contribution in [-0.2, 0) is 25.7 Å². The highest BCUT2D eigenvalue weighted by Gasteiger charge is 2.11. The zero-order chi connectivity index (χ0) is 18.8. The summed E-state index contributed by atoms with van der Waals surface area (Å²) in [4.78, 5) is 11.2. The van der Waals surface area contributed by atoms with Crippen molar-refractivity contribution in [1.29, 1.82) is 5.26 Å². The third-order valence-electron chi connectivity index (χ3n) is 4.31. The van der Waals surface area contributed by atoms with Crippen LogP contribution in [0.25, 0.3) is 0 Å². The van der Waals surface area contributed by atoms with Gasteiger partial charge in [-0.05, 0) is 59.5 Å². The molecule has 0 N–H and O–H groups in total. The minimum absolute atomic E-state index is 0.339. The molecule has 0 saturated heterocycles. The Hall–Kier alpha value is -2.11. The zero-order valence-corrected chi connectivity index (χ0v) is 16.3. The summed E-state index contributed by atoms with van der Waals surface area (Å²) < 4.78 is 0. The van der Waals surface area contributed by atoms with Crippen LogP contribution < -0.4 is 0 Å². The lowest BCUT2D eigenvalue weighted by atomic mass is 9.99. The molecular formula is C22H26ClNO. The first-order valence-electron chi connectivity index (χ1n) is 8.85. The van der Waals surface area contributed by atoms with Crippen molar-refractivity contribution >= 4 is 16.8 Å². The van der Waals surface area contributed by atoms with Crippen molar-refractivity contribution in [3.05, 3.63) is 69.8 Å². The van der Waals surface area contributed by atoms with Gasteiger partial charge in [-0.25, -0.2) is 0 Å². The lowest BCUT2D eigenvalue weighted by Gasteiger charge is -2.07. The Bertz CT molecular complexity index is 715. The first kappa shape index (κ1) is 20.9. The summed E-state index contributed by atoms with van der Waals surface area (Å²) in [5.74, 6) is 0. The van der Waals surface area contributed by atoms with Gasteiger partial charge in [-0.1, -0.05) is 64.1 Å². The number of benzene rings is 2. The fraction of sp³-hybridized carbons (Fsp3) is 0.364. The van der Waals surface area contributed by atoms with E-state index in [9.17, 15) is 4.79 Å². The maximum atomic E-state index is 11.2. The first-order valence-corrected chi connectivity index (χ1v) is 9.23. The number of rotatable bonds is 5. The Kier molecular flexibility index (Phi) is 8.95. The minimum atomic E-state index is -0.339. The van der Waals surface area contributed by atoms with E-state index in [1.54, 1.807) is 0 Å². The van der Waals surface area contributed by atoms with Crippen LogP contribution in [0.3, 0.4) is 0 Å². The standard InChI is InChI=1S/C11H13ClO.C11H13N/c1-3-8-6-5-7-9(4-2)10(8)11(12)13;1-3-9-6-5-7-10(4-2)11(9)8-12/h5-7H,3-4H2,1-2H3;5-7H,3-4H2,1-2H3. The van der Waals surface area contributed by atoms with E-state index in [0.717, 1.165) is 53.5 Å². The number of nitriles is 1. The van der Waals surface area contributed by atoms with E-state index in [-0.39, 0.29) is 5.24 Å². The second kappa shape index (κ2) is 10.7. The van der Waals surface area contributed by atoms with Gasteiger partial charge in [0.1, 0.15) is 0 Å². The number of hydrogen-bond donors (Lipinski definition) is 0. The SMILES string of the molecule is CCc1cccc(CC)c1C#N.CCc1cccc(CC)c1C(=O)Cl. The monoisotopic (exact) mass is 355 g/mol.